The molecular formula is C21H34N2O6. The van der Waals surface area contributed by atoms with E-state index in [1.807, 2.05) is 30.3 Å². The van der Waals surface area contributed by atoms with Gasteiger partial charge in [0, 0.05) is 6.54 Å². The number of carbonyl (C=O) groups excluding carboxylic acids is 2. The third kappa shape index (κ3) is 10.7. The van der Waals surface area contributed by atoms with E-state index in [0.717, 1.165) is 5.56 Å². The standard InChI is InChI=1S/C21H34N2O6/c1-20(2,3)28-18(26)22-13-16(24)17(25)15(12-14-10-8-7-9-11-14)23-19(27)29-21(4,5)6/h7-11,15-17,24-25H,12-13H2,1-6H3,(H,22,26)(H,23,27)/t15-,16-,17-/m0/s1. The van der Waals surface area contributed by atoms with Crippen molar-refractivity contribution in [2.75, 3.05) is 6.54 Å². The minimum Gasteiger partial charge on any atom is -0.444 e. The molecule has 0 heterocycles. The second-order valence-electron chi connectivity index (χ2n) is 8.88. The Labute approximate surface area is 172 Å². The molecule has 0 aromatic heterocycles. The van der Waals surface area contributed by atoms with Gasteiger partial charge in [-0.25, -0.2) is 9.59 Å². The molecule has 0 unspecified atom stereocenters. The number of rotatable bonds is 7. The van der Waals surface area contributed by atoms with Crippen molar-refractivity contribution in [2.24, 2.45) is 0 Å². The summed E-state index contributed by atoms with van der Waals surface area (Å²) in [6, 6.07) is 8.40. The highest BCUT2D eigenvalue weighted by Gasteiger charge is 2.30. The predicted molar refractivity (Wildman–Crippen MR) is 110 cm³/mol. The molecule has 0 spiro atoms. The maximum Gasteiger partial charge on any atom is 0.407 e. The van der Waals surface area contributed by atoms with Gasteiger partial charge in [-0.3, -0.25) is 0 Å². The minimum atomic E-state index is -1.35. The third-order valence-electron chi connectivity index (χ3n) is 3.66. The number of aliphatic hydroxyl groups is 2. The summed E-state index contributed by atoms with van der Waals surface area (Å²) in [5.74, 6) is 0. The Balaban J connectivity index is 2.78. The van der Waals surface area contributed by atoms with Gasteiger partial charge in [0.2, 0.25) is 0 Å². The molecule has 164 valence electrons. The van der Waals surface area contributed by atoms with Gasteiger partial charge in [0.05, 0.1) is 12.1 Å². The summed E-state index contributed by atoms with van der Waals surface area (Å²) >= 11 is 0. The van der Waals surface area contributed by atoms with E-state index in [0.29, 0.717) is 0 Å². The van der Waals surface area contributed by atoms with Crippen molar-refractivity contribution in [3.63, 3.8) is 0 Å². The molecule has 0 bridgehead atoms. The van der Waals surface area contributed by atoms with Crippen LogP contribution in [0.15, 0.2) is 30.3 Å². The molecule has 0 aliphatic rings. The molecule has 29 heavy (non-hydrogen) atoms. The first-order valence-electron chi connectivity index (χ1n) is 9.63. The number of benzene rings is 1. The third-order valence-corrected chi connectivity index (χ3v) is 3.66. The van der Waals surface area contributed by atoms with Gasteiger partial charge in [0.15, 0.2) is 0 Å². The highest BCUT2D eigenvalue weighted by Crippen LogP contribution is 2.12. The fraction of sp³-hybridized carbons (Fsp3) is 0.619. The fourth-order valence-corrected chi connectivity index (χ4v) is 2.48. The Morgan fingerprint density at radius 2 is 1.45 bits per heavy atom. The summed E-state index contributed by atoms with van der Waals surface area (Å²) < 4.78 is 10.4. The molecular weight excluding hydrogens is 376 g/mol. The molecule has 3 atom stereocenters. The first-order valence-corrected chi connectivity index (χ1v) is 9.63. The quantitative estimate of drug-likeness (QED) is 0.548. The van der Waals surface area contributed by atoms with Gasteiger partial charge in [-0.2, -0.15) is 0 Å². The summed E-state index contributed by atoms with van der Waals surface area (Å²) in [6.45, 7) is 10.1. The molecule has 0 radical (unpaired) electrons. The number of nitrogens with one attached hydrogen (secondary N) is 2. The molecule has 8 nitrogen and oxygen atoms in total. The van der Waals surface area contributed by atoms with Crippen molar-refractivity contribution in [1.82, 2.24) is 10.6 Å². The van der Waals surface area contributed by atoms with Crippen LogP contribution in [-0.4, -0.2) is 58.4 Å². The van der Waals surface area contributed by atoms with Gasteiger partial charge in [-0.15, -0.1) is 0 Å². The van der Waals surface area contributed by atoms with Crippen LogP contribution in [-0.2, 0) is 15.9 Å². The van der Waals surface area contributed by atoms with Crippen molar-refractivity contribution in [1.29, 1.82) is 0 Å². The zero-order chi connectivity index (χ0) is 22.2. The van der Waals surface area contributed by atoms with Gasteiger partial charge in [0.1, 0.15) is 17.3 Å². The lowest BCUT2D eigenvalue weighted by Crippen LogP contribution is -2.53. The van der Waals surface area contributed by atoms with Crippen LogP contribution in [0, 0.1) is 0 Å². The molecule has 0 aliphatic carbocycles. The minimum absolute atomic E-state index is 0.239. The maximum absolute atomic E-state index is 12.2. The monoisotopic (exact) mass is 410 g/mol. The Bertz CT molecular complexity index is 651. The molecule has 0 fully saturated rings. The smallest absolute Gasteiger partial charge is 0.407 e. The highest BCUT2D eigenvalue weighted by molar-refractivity contribution is 5.68. The SMILES string of the molecule is CC(C)(C)OC(=O)NC[C@H](O)[C@@H](O)[C@H](Cc1ccccc1)NC(=O)OC(C)(C)C. The largest absolute Gasteiger partial charge is 0.444 e. The number of alkyl carbamates (subject to hydrolysis) is 2. The summed E-state index contributed by atoms with van der Waals surface area (Å²) in [6.07, 6.45) is -3.82. The van der Waals surface area contributed by atoms with Crippen LogP contribution < -0.4 is 10.6 Å². The lowest BCUT2D eigenvalue weighted by molar-refractivity contribution is -0.0106. The van der Waals surface area contributed by atoms with Gasteiger partial charge in [0.25, 0.3) is 0 Å². The summed E-state index contributed by atoms with van der Waals surface area (Å²) in [7, 11) is 0. The number of carbonyl (C=O) groups is 2. The molecule has 0 saturated heterocycles. The van der Waals surface area contributed by atoms with E-state index in [2.05, 4.69) is 10.6 Å². The topological polar surface area (TPSA) is 117 Å². The highest BCUT2D eigenvalue weighted by atomic mass is 16.6. The molecule has 1 aromatic carbocycles. The Morgan fingerprint density at radius 3 is 1.97 bits per heavy atom. The average Bonchev–Trinajstić information content (AvgIpc) is 2.56. The van der Waals surface area contributed by atoms with Gasteiger partial charge in [-0.1, -0.05) is 30.3 Å². The van der Waals surface area contributed by atoms with E-state index in [1.165, 1.54) is 0 Å². The van der Waals surface area contributed by atoms with Crippen LogP contribution in [0.5, 0.6) is 0 Å². The number of hydrogen-bond acceptors (Lipinski definition) is 6. The Kier molecular flexibility index (Phi) is 8.91. The molecule has 8 heteroatoms. The van der Waals surface area contributed by atoms with E-state index in [4.69, 9.17) is 9.47 Å². The number of aliphatic hydroxyl groups excluding tert-OH is 2. The first kappa shape index (κ1) is 24.7. The van der Waals surface area contributed by atoms with E-state index in [1.54, 1.807) is 41.5 Å². The van der Waals surface area contributed by atoms with E-state index in [9.17, 15) is 19.8 Å². The average molecular weight is 411 g/mol. The van der Waals surface area contributed by atoms with Gasteiger partial charge < -0.3 is 30.3 Å². The van der Waals surface area contributed by atoms with Crippen LogP contribution in [0.1, 0.15) is 47.1 Å². The number of ether oxygens (including phenoxy) is 2. The van der Waals surface area contributed by atoms with E-state index < -0.39 is 41.6 Å². The maximum atomic E-state index is 12.2. The molecule has 2 amide bonds. The first-order chi connectivity index (χ1) is 13.3. The number of hydrogen-bond donors (Lipinski definition) is 4. The Hall–Kier alpha value is -2.32. The molecule has 4 N–H and O–H groups in total. The lowest BCUT2D eigenvalue weighted by Gasteiger charge is -2.29. The second-order valence-corrected chi connectivity index (χ2v) is 8.88. The lowest BCUT2D eigenvalue weighted by atomic mass is 9.97. The van der Waals surface area contributed by atoms with Crippen LogP contribution in [0.4, 0.5) is 9.59 Å². The molecule has 0 aliphatic heterocycles. The summed E-state index contributed by atoms with van der Waals surface area (Å²) in [5, 5.41) is 26.0. The van der Waals surface area contributed by atoms with Gasteiger partial charge >= 0.3 is 12.2 Å². The van der Waals surface area contributed by atoms with Crippen molar-refractivity contribution in [2.45, 2.75) is 77.4 Å². The van der Waals surface area contributed by atoms with Gasteiger partial charge in [-0.05, 0) is 53.5 Å². The summed E-state index contributed by atoms with van der Waals surface area (Å²) in [4.78, 5) is 24.0. The zero-order valence-electron chi connectivity index (χ0n) is 18.1. The zero-order valence-corrected chi connectivity index (χ0v) is 18.1. The molecule has 0 saturated carbocycles. The van der Waals surface area contributed by atoms with Crippen LogP contribution in [0.25, 0.3) is 0 Å². The Morgan fingerprint density at radius 1 is 0.931 bits per heavy atom. The second kappa shape index (κ2) is 10.5. The van der Waals surface area contributed by atoms with Crippen molar-refractivity contribution >= 4 is 12.2 Å². The van der Waals surface area contributed by atoms with Crippen molar-refractivity contribution < 1.29 is 29.3 Å². The molecule has 1 aromatic rings. The molecule has 1 rings (SSSR count). The van der Waals surface area contributed by atoms with E-state index >= 15 is 0 Å². The van der Waals surface area contributed by atoms with Crippen LogP contribution in [0.3, 0.4) is 0 Å². The number of amides is 2. The van der Waals surface area contributed by atoms with E-state index in [-0.39, 0.29) is 13.0 Å². The van der Waals surface area contributed by atoms with Crippen LogP contribution >= 0.6 is 0 Å². The van der Waals surface area contributed by atoms with Crippen molar-refractivity contribution in [3.8, 4) is 0 Å². The summed E-state index contributed by atoms with van der Waals surface area (Å²) in [5.41, 5.74) is -0.523. The fourth-order valence-electron chi connectivity index (χ4n) is 2.48. The normalized spacial score (nSPS) is 15.0. The predicted octanol–water partition coefficient (Wildman–Crippen LogP) is 2.37. The van der Waals surface area contributed by atoms with Crippen LogP contribution in [0.2, 0.25) is 0 Å². The van der Waals surface area contributed by atoms with Crippen molar-refractivity contribution in [3.05, 3.63) is 35.9 Å².